The lowest BCUT2D eigenvalue weighted by molar-refractivity contribution is -0.384. The van der Waals surface area contributed by atoms with Crippen LogP contribution in [0.15, 0.2) is 24.3 Å². The molecule has 1 aliphatic rings. The quantitative estimate of drug-likeness (QED) is 0.589. The van der Waals surface area contributed by atoms with Crippen LogP contribution >= 0.6 is 0 Å². The van der Waals surface area contributed by atoms with E-state index in [4.69, 9.17) is 0 Å². The molecule has 0 spiro atoms. The molecule has 0 saturated heterocycles. The molecular formula is C17H26N2O2. The smallest absolute Gasteiger partial charge is 0.269 e. The average molecular weight is 290 g/mol. The molecule has 0 aliphatic heterocycles. The maximum Gasteiger partial charge on any atom is 0.269 e. The number of nitrogens with one attached hydrogen (secondary N) is 1. The minimum atomic E-state index is -0.315. The second-order valence-corrected chi connectivity index (χ2v) is 6.59. The number of hydrogen-bond donors (Lipinski definition) is 1. The molecule has 1 atom stereocenters. The van der Waals surface area contributed by atoms with Crippen LogP contribution in [0.2, 0.25) is 0 Å². The van der Waals surface area contributed by atoms with Crippen LogP contribution in [-0.4, -0.2) is 11.5 Å². The predicted octanol–water partition coefficient (Wildman–Crippen LogP) is 4.61. The Kier molecular flexibility index (Phi) is 5.34. The molecule has 1 aromatic carbocycles. The van der Waals surface area contributed by atoms with Crippen molar-refractivity contribution in [3.8, 4) is 0 Å². The van der Waals surface area contributed by atoms with Crippen LogP contribution in [0, 0.1) is 15.5 Å². The third-order valence-corrected chi connectivity index (χ3v) is 4.65. The van der Waals surface area contributed by atoms with Crippen molar-refractivity contribution in [2.75, 3.05) is 6.54 Å². The molecule has 1 fully saturated rings. The van der Waals surface area contributed by atoms with E-state index in [1.54, 1.807) is 18.2 Å². The lowest BCUT2D eigenvalue weighted by Crippen LogP contribution is -2.32. The Morgan fingerprint density at radius 2 is 2.10 bits per heavy atom. The van der Waals surface area contributed by atoms with Crippen LogP contribution in [0.4, 0.5) is 5.69 Å². The number of nitrogens with zero attached hydrogens (tertiary/aromatic N) is 1. The Balaban J connectivity index is 2.07. The lowest BCUT2D eigenvalue weighted by Gasteiger charge is -2.28. The van der Waals surface area contributed by atoms with Gasteiger partial charge in [0, 0.05) is 24.7 Å². The fourth-order valence-electron chi connectivity index (χ4n) is 3.31. The van der Waals surface area contributed by atoms with E-state index in [-0.39, 0.29) is 16.7 Å². The molecular weight excluding hydrogens is 264 g/mol. The lowest BCUT2D eigenvalue weighted by atomic mass is 9.88. The second-order valence-electron chi connectivity index (χ2n) is 6.59. The first-order chi connectivity index (χ1) is 10.0. The largest absolute Gasteiger partial charge is 0.309 e. The normalized spacial score (nSPS) is 18.6. The Labute approximate surface area is 127 Å². The molecule has 0 bridgehead atoms. The summed E-state index contributed by atoms with van der Waals surface area (Å²) >= 11 is 0. The van der Waals surface area contributed by atoms with Crippen molar-refractivity contribution >= 4 is 5.69 Å². The summed E-state index contributed by atoms with van der Waals surface area (Å²) in [7, 11) is 0. The van der Waals surface area contributed by atoms with Crippen molar-refractivity contribution in [1.82, 2.24) is 5.32 Å². The van der Waals surface area contributed by atoms with Gasteiger partial charge in [-0.05, 0) is 30.2 Å². The zero-order chi connectivity index (χ0) is 15.3. The number of rotatable bonds is 7. The van der Waals surface area contributed by atoms with Crippen molar-refractivity contribution in [2.24, 2.45) is 5.41 Å². The zero-order valence-corrected chi connectivity index (χ0v) is 13.1. The number of nitro benzene ring substituents is 1. The number of nitro groups is 1. The van der Waals surface area contributed by atoms with Crippen LogP contribution in [0.1, 0.15) is 64.0 Å². The van der Waals surface area contributed by atoms with Crippen molar-refractivity contribution < 1.29 is 4.92 Å². The van der Waals surface area contributed by atoms with Gasteiger partial charge in [-0.1, -0.05) is 45.2 Å². The topological polar surface area (TPSA) is 55.2 Å². The van der Waals surface area contributed by atoms with E-state index in [9.17, 15) is 10.1 Å². The highest BCUT2D eigenvalue weighted by atomic mass is 16.6. The summed E-state index contributed by atoms with van der Waals surface area (Å²) in [6.07, 6.45) is 7.30. The van der Waals surface area contributed by atoms with Gasteiger partial charge in [0.1, 0.15) is 0 Å². The standard InChI is InChI=1S/C17H26N2O2/c1-3-7-16(18-13-17(2)10-4-5-11-17)14-8-6-9-15(12-14)19(20)21/h6,8-9,12,16,18H,3-5,7,10-11,13H2,1-2H3. The highest BCUT2D eigenvalue weighted by Gasteiger charge is 2.29. The SMILES string of the molecule is CCCC(NCC1(C)CCCC1)c1cccc([N+](=O)[O-])c1. The second kappa shape index (κ2) is 7.03. The van der Waals surface area contributed by atoms with Gasteiger partial charge in [0.25, 0.3) is 5.69 Å². The molecule has 1 N–H and O–H groups in total. The molecule has 2 rings (SSSR count). The van der Waals surface area contributed by atoms with E-state index >= 15 is 0 Å². The van der Waals surface area contributed by atoms with E-state index in [1.165, 1.54) is 25.7 Å². The zero-order valence-electron chi connectivity index (χ0n) is 13.1. The maximum atomic E-state index is 10.9. The van der Waals surface area contributed by atoms with Crippen molar-refractivity contribution in [1.29, 1.82) is 0 Å². The van der Waals surface area contributed by atoms with Crippen LogP contribution in [-0.2, 0) is 0 Å². The molecule has 0 aromatic heterocycles. The van der Waals surface area contributed by atoms with Crippen LogP contribution in [0.5, 0.6) is 0 Å². The number of non-ortho nitro benzene ring substituents is 1. The van der Waals surface area contributed by atoms with E-state index in [0.717, 1.165) is 24.9 Å². The van der Waals surface area contributed by atoms with Crippen molar-refractivity contribution in [3.05, 3.63) is 39.9 Å². The summed E-state index contributed by atoms with van der Waals surface area (Å²) in [6.45, 7) is 5.51. The van der Waals surface area contributed by atoms with Crippen molar-refractivity contribution in [3.63, 3.8) is 0 Å². The van der Waals surface area contributed by atoms with Gasteiger partial charge in [0.05, 0.1) is 4.92 Å². The predicted molar refractivity (Wildman–Crippen MR) is 85.3 cm³/mol. The fourth-order valence-corrected chi connectivity index (χ4v) is 3.31. The van der Waals surface area contributed by atoms with Crippen molar-refractivity contribution in [2.45, 2.75) is 58.4 Å². The summed E-state index contributed by atoms with van der Waals surface area (Å²) in [5, 5.41) is 14.6. The molecule has 1 saturated carbocycles. The Bertz CT molecular complexity index is 481. The van der Waals surface area contributed by atoms with Crippen LogP contribution < -0.4 is 5.32 Å². The maximum absolute atomic E-state index is 10.9. The molecule has 0 amide bonds. The van der Waals surface area contributed by atoms with Gasteiger partial charge >= 0.3 is 0 Å². The summed E-state index contributed by atoms with van der Waals surface area (Å²) in [5.41, 5.74) is 1.61. The van der Waals surface area contributed by atoms with Gasteiger partial charge in [-0.3, -0.25) is 10.1 Å². The average Bonchev–Trinajstić information content (AvgIpc) is 2.91. The molecule has 0 radical (unpaired) electrons. The minimum absolute atomic E-state index is 0.183. The monoisotopic (exact) mass is 290 g/mol. The first kappa shape index (κ1) is 16.0. The molecule has 1 aliphatic carbocycles. The molecule has 21 heavy (non-hydrogen) atoms. The highest BCUT2D eigenvalue weighted by molar-refractivity contribution is 5.35. The molecule has 1 unspecified atom stereocenters. The Hall–Kier alpha value is -1.42. The van der Waals surface area contributed by atoms with E-state index in [1.807, 2.05) is 6.07 Å². The molecule has 0 heterocycles. The fraction of sp³-hybridized carbons (Fsp3) is 0.647. The molecule has 1 aromatic rings. The van der Waals surface area contributed by atoms with Gasteiger partial charge < -0.3 is 5.32 Å². The summed E-state index contributed by atoms with van der Waals surface area (Å²) < 4.78 is 0. The summed E-state index contributed by atoms with van der Waals surface area (Å²) in [5.74, 6) is 0. The number of benzene rings is 1. The first-order valence-corrected chi connectivity index (χ1v) is 8.02. The highest BCUT2D eigenvalue weighted by Crippen LogP contribution is 2.37. The van der Waals surface area contributed by atoms with Gasteiger partial charge in [0.2, 0.25) is 0 Å². The van der Waals surface area contributed by atoms with E-state index < -0.39 is 0 Å². The molecule has 116 valence electrons. The Morgan fingerprint density at radius 1 is 1.38 bits per heavy atom. The summed E-state index contributed by atoms with van der Waals surface area (Å²) in [6, 6.07) is 7.27. The first-order valence-electron chi connectivity index (χ1n) is 8.02. The van der Waals surface area contributed by atoms with Crippen LogP contribution in [0.3, 0.4) is 0 Å². The molecule has 4 nitrogen and oxygen atoms in total. The van der Waals surface area contributed by atoms with E-state index in [2.05, 4.69) is 19.2 Å². The number of hydrogen-bond acceptors (Lipinski definition) is 3. The van der Waals surface area contributed by atoms with Gasteiger partial charge in [-0.2, -0.15) is 0 Å². The van der Waals surface area contributed by atoms with Gasteiger partial charge in [-0.25, -0.2) is 0 Å². The minimum Gasteiger partial charge on any atom is -0.309 e. The van der Waals surface area contributed by atoms with Gasteiger partial charge in [-0.15, -0.1) is 0 Å². The van der Waals surface area contributed by atoms with E-state index in [0.29, 0.717) is 5.41 Å². The van der Waals surface area contributed by atoms with Gasteiger partial charge in [0.15, 0.2) is 0 Å². The Morgan fingerprint density at radius 3 is 2.71 bits per heavy atom. The molecule has 4 heteroatoms. The third kappa shape index (κ3) is 4.27. The summed E-state index contributed by atoms with van der Waals surface area (Å²) in [4.78, 5) is 10.6. The van der Waals surface area contributed by atoms with Crippen LogP contribution in [0.25, 0.3) is 0 Å². The third-order valence-electron chi connectivity index (χ3n) is 4.65.